The zero-order valence-corrected chi connectivity index (χ0v) is 12.9. The van der Waals surface area contributed by atoms with E-state index in [1.807, 2.05) is 24.3 Å². The maximum Gasteiger partial charge on any atom is 0.260 e. The molecule has 0 aliphatic heterocycles. The first kappa shape index (κ1) is 14.2. The first-order valence-electron chi connectivity index (χ1n) is 6.77. The second kappa shape index (κ2) is 5.58. The number of anilines is 2. The molecule has 1 aliphatic carbocycles. The molecule has 4 nitrogen and oxygen atoms in total. The number of halogens is 1. The standard InChI is InChI=1S/C15H16ClN3OS/c16-10-4-2-1-3-9(10)7-19-15-11(8-5-6-8)12(17)13(21-15)14(18)20/h1-4,8,19H,5-7,17H2,(H2,18,20). The predicted molar refractivity (Wildman–Crippen MR) is 88.0 cm³/mol. The van der Waals surface area contributed by atoms with Crippen molar-refractivity contribution >= 4 is 39.5 Å². The van der Waals surface area contributed by atoms with Crippen LogP contribution >= 0.6 is 22.9 Å². The van der Waals surface area contributed by atoms with Crippen molar-refractivity contribution in [2.45, 2.75) is 25.3 Å². The van der Waals surface area contributed by atoms with E-state index in [0.717, 1.165) is 34.0 Å². The van der Waals surface area contributed by atoms with Gasteiger partial charge in [-0.25, -0.2) is 0 Å². The van der Waals surface area contributed by atoms with Crippen LogP contribution in [-0.2, 0) is 6.54 Å². The highest BCUT2D eigenvalue weighted by molar-refractivity contribution is 7.18. The van der Waals surface area contributed by atoms with Gasteiger partial charge in [0.15, 0.2) is 0 Å². The average Bonchev–Trinajstić information content (AvgIpc) is 3.22. The number of carbonyl (C=O) groups excluding carboxylic acids is 1. The van der Waals surface area contributed by atoms with E-state index in [1.165, 1.54) is 11.3 Å². The molecule has 21 heavy (non-hydrogen) atoms. The molecule has 0 bridgehead atoms. The largest absolute Gasteiger partial charge is 0.397 e. The van der Waals surface area contributed by atoms with Gasteiger partial charge in [0.05, 0.1) is 10.7 Å². The second-order valence-electron chi connectivity index (χ2n) is 5.17. The van der Waals surface area contributed by atoms with Crippen molar-refractivity contribution in [3.8, 4) is 0 Å². The lowest BCUT2D eigenvalue weighted by Gasteiger charge is -2.08. The number of amides is 1. The third kappa shape index (κ3) is 2.84. The van der Waals surface area contributed by atoms with Crippen molar-refractivity contribution in [1.82, 2.24) is 0 Å². The number of primary amides is 1. The van der Waals surface area contributed by atoms with Crippen molar-refractivity contribution in [2.24, 2.45) is 5.73 Å². The molecular weight excluding hydrogens is 306 g/mol. The minimum absolute atomic E-state index is 0.443. The van der Waals surface area contributed by atoms with Crippen molar-refractivity contribution in [3.63, 3.8) is 0 Å². The Morgan fingerprint density at radius 3 is 2.71 bits per heavy atom. The van der Waals surface area contributed by atoms with Gasteiger partial charge in [-0.1, -0.05) is 29.8 Å². The van der Waals surface area contributed by atoms with Crippen LogP contribution in [0.25, 0.3) is 0 Å². The summed E-state index contributed by atoms with van der Waals surface area (Å²) in [6.07, 6.45) is 2.22. The number of nitrogens with two attached hydrogens (primary N) is 2. The van der Waals surface area contributed by atoms with Gasteiger partial charge in [-0.15, -0.1) is 11.3 Å². The lowest BCUT2D eigenvalue weighted by Crippen LogP contribution is -2.11. The number of nitrogens with one attached hydrogen (secondary N) is 1. The molecule has 0 spiro atoms. The summed E-state index contributed by atoms with van der Waals surface area (Å²) >= 11 is 7.49. The maximum atomic E-state index is 11.5. The summed E-state index contributed by atoms with van der Waals surface area (Å²) in [5.41, 5.74) is 14.1. The molecule has 1 aromatic carbocycles. The molecule has 1 aliphatic rings. The van der Waals surface area contributed by atoms with Gasteiger partial charge in [0.1, 0.15) is 4.88 Å². The van der Waals surface area contributed by atoms with Gasteiger partial charge in [-0.3, -0.25) is 4.79 Å². The Kier molecular flexibility index (Phi) is 3.78. The zero-order valence-electron chi connectivity index (χ0n) is 11.4. The van der Waals surface area contributed by atoms with Crippen molar-refractivity contribution < 1.29 is 4.79 Å². The summed E-state index contributed by atoms with van der Waals surface area (Å²) in [5, 5.41) is 5.01. The van der Waals surface area contributed by atoms with Crippen LogP contribution in [0.1, 0.15) is 39.6 Å². The Morgan fingerprint density at radius 2 is 2.10 bits per heavy atom. The minimum Gasteiger partial charge on any atom is -0.397 e. The maximum absolute atomic E-state index is 11.5. The van der Waals surface area contributed by atoms with Crippen LogP contribution in [0.3, 0.4) is 0 Å². The Morgan fingerprint density at radius 1 is 1.38 bits per heavy atom. The number of hydrogen-bond donors (Lipinski definition) is 3. The summed E-state index contributed by atoms with van der Waals surface area (Å²) < 4.78 is 0. The van der Waals surface area contributed by atoms with E-state index < -0.39 is 5.91 Å². The molecular formula is C15H16ClN3OS. The third-order valence-electron chi connectivity index (χ3n) is 3.59. The number of carbonyl (C=O) groups is 1. The van der Waals surface area contributed by atoms with Crippen LogP contribution in [0.2, 0.25) is 5.02 Å². The average molecular weight is 322 g/mol. The summed E-state index contributed by atoms with van der Waals surface area (Å²) in [6, 6.07) is 7.67. The van der Waals surface area contributed by atoms with Gasteiger partial charge in [-0.05, 0) is 30.4 Å². The van der Waals surface area contributed by atoms with Crippen molar-refractivity contribution in [2.75, 3.05) is 11.1 Å². The lowest BCUT2D eigenvalue weighted by atomic mass is 10.1. The first-order chi connectivity index (χ1) is 10.1. The van der Waals surface area contributed by atoms with Gasteiger partial charge in [0, 0.05) is 17.1 Å². The number of thiophene rings is 1. The normalized spacial score (nSPS) is 14.1. The summed E-state index contributed by atoms with van der Waals surface area (Å²) in [4.78, 5) is 11.9. The molecule has 0 unspecified atom stereocenters. The van der Waals surface area contributed by atoms with Crippen LogP contribution in [0.5, 0.6) is 0 Å². The first-order valence-corrected chi connectivity index (χ1v) is 7.96. The molecule has 1 fully saturated rings. The van der Waals surface area contributed by atoms with Crippen LogP contribution in [0.4, 0.5) is 10.7 Å². The van der Waals surface area contributed by atoms with Crippen molar-refractivity contribution in [1.29, 1.82) is 0 Å². The fourth-order valence-electron chi connectivity index (χ4n) is 2.37. The summed E-state index contributed by atoms with van der Waals surface area (Å²) in [5.74, 6) is -0.0201. The van der Waals surface area contributed by atoms with Gasteiger partial charge >= 0.3 is 0 Å². The number of hydrogen-bond acceptors (Lipinski definition) is 4. The van der Waals surface area contributed by atoms with Gasteiger partial charge in [0.25, 0.3) is 5.91 Å². The quantitative estimate of drug-likeness (QED) is 0.787. The van der Waals surface area contributed by atoms with E-state index >= 15 is 0 Å². The molecule has 1 saturated carbocycles. The zero-order chi connectivity index (χ0) is 15.0. The number of rotatable bonds is 5. The van der Waals surface area contributed by atoms with Crippen LogP contribution in [0.15, 0.2) is 24.3 Å². The minimum atomic E-state index is -0.467. The van der Waals surface area contributed by atoms with Gasteiger partial charge in [0.2, 0.25) is 0 Å². The smallest absolute Gasteiger partial charge is 0.260 e. The predicted octanol–water partition coefficient (Wildman–Crippen LogP) is 3.57. The van der Waals surface area contributed by atoms with E-state index in [4.69, 9.17) is 23.1 Å². The third-order valence-corrected chi connectivity index (χ3v) is 5.15. The molecule has 0 saturated heterocycles. The molecule has 0 atom stereocenters. The van der Waals surface area contributed by atoms with E-state index in [-0.39, 0.29) is 0 Å². The van der Waals surface area contributed by atoms with Crippen LogP contribution in [0, 0.1) is 0 Å². The summed E-state index contributed by atoms with van der Waals surface area (Å²) in [7, 11) is 0. The van der Waals surface area contributed by atoms with Crippen LogP contribution < -0.4 is 16.8 Å². The molecule has 5 N–H and O–H groups in total. The molecule has 1 aromatic heterocycles. The highest BCUT2D eigenvalue weighted by atomic mass is 35.5. The van der Waals surface area contributed by atoms with Crippen LogP contribution in [-0.4, -0.2) is 5.91 Å². The summed E-state index contributed by atoms with van der Waals surface area (Å²) in [6.45, 7) is 0.595. The highest BCUT2D eigenvalue weighted by Gasteiger charge is 2.32. The Labute approximate surface area is 132 Å². The van der Waals surface area contributed by atoms with Gasteiger partial charge < -0.3 is 16.8 Å². The lowest BCUT2D eigenvalue weighted by molar-refractivity contribution is 0.100. The second-order valence-corrected chi connectivity index (χ2v) is 6.60. The molecule has 0 radical (unpaired) electrons. The molecule has 6 heteroatoms. The fourth-order valence-corrected chi connectivity index (χ4v) is 3.62. The van der Waals surface area contributed by atoms with E-state index in [9.17, 15) is 4.79 Å². The Hall–Kier alpha value is -1.72. The Bertz CT molecular complexity index is 694. The van der Waals surface area contributed by atoms with E-state index in [0.29, 0.717) is 23.0 Å². The van der Waals surface area contributed by atoms with E-state index in [2.05, 4.69) is 5.32 Å². The Balaban J connectivity index is 1.86. The molecule has 1 heterocycles. The van der Waals surface area contributed by atoms with E-state index in [1.54, 1.807) is 0 Å². The number of benzene rings is 1. The number of nitrogen functional groups attached to an aromatic ring is 1. The fraction of sp³-hybridized carbons (Fsp3) is 0.267. The van der Waals surface area contributed by atoms with Crippen molar-refractivity contribution in [3.05, 3.63) is 45.3 Å². The molecule has 2 aromatic rings. The topological polar surface area (TPSA) is 81.1 Å². The monoisotopic (exact) mass is 321 g/mol. The molecule has 110 valence electrons. The molecule has 1 amide bonds. The molecule has 3 rings (SSSR count). The SMILES string of the molecule is NC(=O)c1sc(NCc2ccccc2Cl)c(C2CC2)c1N. The van der Waals surface area contributed by atoms with Gasteiger partial charge in [-0.2, -0.15) is 0 Å². The highest BCUT2D eigenvalue weighted by Crippen LogP contribution is 2.50.